The van der Waals surface area contributed by atoms with Gasteiger partial charge in [-0.1, -0.05) is 0 Å². The van der Waals surface area contributed by atoms with Crippen molar-refractivity contribution in [2.75, 3.05) is 36.8 Å². The quantitative estimate of drug-likeness (QED) is 0.283. The number of amides is 2. The van der Waals surface area contributed by atoms with E-state index in [9.17, 15) is 19.7 Å². The molecule has 0 spiro atoms. The molecule has 2 aliphatic rings. The van der Waals surface area contributed by atoms with E-state index in [4.69, 9.17) is 5.73 Å². The number of anilines is 2. The summed E-state index contributed by atoms with van der Waals surface area (Å²) in [5, 5.41) is 22.6. The van der Waals surface area contributed by atoms with Gasteiger partial charge in [-0.25, -0.2) is 4.98 Å². The monoisotopic (exact) mass is 434 g/mol. The second kappa shape index (κ2) is 11.0. The lowest BCUT2D eigenvalue weighted by Gasteiger charge is -2.26. The maximum Gasteiger partial charge on any atom is 0.329 e. The maximum atomic E-state index is 12.1. The molecule has 0 atom stereocenters. The topological polar surface area (TPSA) is 177 Å². The lowest BCUT2D eigenvalue weighted by Crippen LogP contribution is -2.42. The van der Waals surface area contributed by atoms with Crippen molar-refractivity contribution in [1.29, 1.82) is 0 Å². The third-order valence-electron chi connectivity index (χ3n) is 5.80. The molecule has 1 saturated carbocycles. The molecule has 1 aromatic rings. The van der Waals surface area contributed by atoms with Crippen LogP contribution < -0.4 is 27.0 Å². The second-order valence-electron chi connectivity index (χ2n) is 8.14. The minimum atomic E-state index is -0.548. The van der Waals surface area contributed by atoms with Gasteiger partial charge in [0.15, 0.2) is 0 Å². The van der Waals surface area contributed by atoms with E-state index in [0.29, 0.717) is 25.3 Å². The molecule has 0 radical (unpaired) electrons. The number of carbonyl (C=O) groups excluding carboxylic acids is 2. The van der Waals surface area contributed by atoms with Crippen LogP contribution in [0.15, 0.2) is 6.20 Å². The molecule has 1 aromatic heterocycles. The number of nitro groups is 1. The Balaban J connectivity index is 1.53. The Bertz CT molecular complexity index is 791. The second-order valence-corrected chi connectivity index (χ2v) is 8.14. The van der Waals surface area contributed by atoms with Crippen molar-refractivity contribution in [2.45, 2.75) is 44.6 Å². The number of hydrogen-bond donors (Lipinski definition) is 5. The average molecular weight is 435 g/mol. The first-order valence-electron chi connectivity index (χ1n) is 10.7. The summed E-state index contributed by atoms with van der Waals surface area (Å²) in [5.41, 5.74) is 5.69. The third kappa shape index (κ3) is 6.82. The zero-order chi connectivity index (χ0) is 22.2. The Morgan fingerprint density at radius 1 is 1.16 bits per heavy atom. The molecule has 12 nitrogen and oxygen atoms in total. The predicted octanol–water partition coefficient (Wildman–Crippen LogP) is 0.369. The van der Waals surface area contributed by atoms with Gasteiger partial charge in [-0.15, -0.1) is 0 Å². The zero-order valence-corrected chi connectivity index (χ0v) is 17.4. The molecule has 170 valence electrons. The van der Waals surface area contributed by atoms with Gasteiger partial charge in [-0.3, -0.25) is 25.0 Å². The summed E-state index contributed by atoms with van der Waals surface area (Å²) in [4.78, 5) is 43.1. The number of carbonyl (C=O) groups is 2. The zero-order valence-electron chi connectivity index (χ0n) is 17.4. The van der Waals surface area contributed by atoms with Gasteiger partial charge in [0.05, 0.1) is 11.5 Å². The highest BCUT2D eigenvalue weighted by Gasteiger charge is 2.24. The van der Waals surface area contributed by atoms with Gasteiger partial charge in [0.25, 0.3) is 0 Å². The van der Waals surface area contributed by atoms with E-state index < -0.39 is 10.8 Å². The van der Waals surface area contributed by atoms with Gasteiger partial charge in [0, 0.05) is 18.5 Å². The van der Waals surface area contributed by atoms with Crippen LogP contribution in [0.3, 0.4) is 0 Å². The van der Waals surface area contributed by atoms with Crippen LogP contribution in [0.25, 0.3) is 0 Å². The highest BCUT2D eigenvalue weighted by atomic mass is 16.6. The van der Waals surface area contributed by atoms with E-state index in [2.05, 4.69) is 31.2 Å². The lowest BCUT2D eigenvalue weighted by molar-refractivity contribution is -0.384. The van der Waals surface area contributed by atoms with Crippen LogP contribution in [0, 0.1) is 22.0 Å². The van der Waals surface area contributed by atoms with Gasteiger partial charge < -0.3 is 21.7 Å². The van der Waals surface area contributed by atoms with Crippen molar-refractivity contribution in [3.8, 4) is 0 Å². The normalized spacial score (nSPS) is 21.8. The van der Waals surface area contributed by atoms with Gasteiger partial charge in [0.2, 0.25) is 23.6 Å². The van der Waals surface area contributed by atoms with Gasteiger partial charge in [0.1, 0.15) is 6.20 Å². The fraction of sp³-hybridized carbons (Fsp3) is 0.684. The largest absolute Gasteiger partial charge is 0.364 e. The van der Waals surface area contributed by atoms with Crippen molar-refractivity contribution in [2.24, 2.45) is 17.6 Å². The van der Waals surface area contributed by atoms with Gasteiger partial charge in [-0.05, 0) is 57.5 Å². The van der Waals surface area contributed by atoms with Crippen molar-refractivity contribution < 1.29 is 14.5 Å². The van der Waals surface area contributed by atoms with Crippen molar-refractivity contribution in [3.05, 3.63) is 16.3 Å². The number of nitrogens with zero attached hydrogens (tertiary/aromatic N) is 3. The minimum absolute atomic E-state index is 0.0724. The van der Waals surface area contributed by atoms with Crippen LogP contribution in [-0.2, 0) is 9.59 Å². The number of rotatable bonds is 8. The Labute approximate surface area is 180 Å². The lowest BCUT2D eigenvalue weighted by atomic mass is 9.86. The molecule has 12 heteroatoms. The van der Waals surface area contributed by atoms with E-state index in [1.54, 1.807) is 0 Å². The molecule has 0 unspecified atom stereocenters. The standard InChI is InChI=1S/C19H30N8O4/c20-14-3-1-12(2-4-14)9-22-17-15(27(30)31)10-23-19(26-17)24-11-16(28)25-18(29)13-5-7-21-8-6-13/h10,12-14,21H,1-9,11,20H2,(H,25,28,29)(H2,22,23,24,26). The Kier molecular flexibility index (Phi) is 8.06. The molecule has 1 saturated heterocycles. The van der Waals surface area contributed by atoms with Gasteiger partial charge in [-0.2, -0.15) is 4.98 Å². The Morgan fingerprint density at radius 2 is 1.87 bits per heavy atom. The van der Waals surface area contributed by atoms with E-state index in [-0.39, 0.29) is 41.9 Å². The first-order valence-corrected chi connectivity index (χ1v) is 10.7. The summed E-state index contributed by atoms with van der Waals surface area (Å²) in [6.07, 6.45) is 6.30. The molecule has 3 rings (SSSR count). The summed E-state index contributed by atoms with van der Waals surface area (Å²) >= 11 is 0. The molecule has 2 fully saturated rings. The molecule has 6 N–H and O–H groups in total. The summed E-state index contributed by atoms with van der Waals surface area (Å²) < 4.78 is 0. The first kappa shape index (κ1) is 22.8. The smallest absolute Gasteiger partial charge is 0.329 e. The number of piperidine rings is 1. The maximum absolute atomic E-state index is 12.1. The number of aromatic nitrogens is 2. The predicted molar refractivity (Wildman–Crippen MR) is 114 cm³/mol. The van der Waals surface area contributed by atoms with Crippen molar-refractivity contribution in [1.82, 2.24) is 20.6 Å². The summed E-state index contributed by atoms with van der Waals surface area (Å²) in [6.45, 7) is 1.85. The van der Waals surface area contributed by atoms with Crippen molar-refractivity contribution >= 4 is 29.3 Å². The summed E-state index contributed by atoms with van der Waals surface area (Å²) in [5.74, 6) is -0.415. The highest BCUT2D eigenvalue weighted by molar-refractivity contribution is 5.97. The minimum Gasteiger partial charge on any atom is -0.364 e. The number of hydrogen-bond acceptors (Lipinski definition) is 10. The van der Waals surface area contributed by atoms with E-state index in [0.717, 1.165) is 45.0 Å². The molecular weight excluding hydrogens is 404 g/mol. The number of imide groups is 1. The Hall–Kier alpha value is -2.86. The molecule has 0 aromatic carbocycles. The summed E-state index contributed by atoms with van der Waals surface area (Å²) in [6, 6.07) is 0.230. The SMILES string of the molecule is NC1CCC(CNc2nc(NCC(=O)NC(=O)C3CCNCC3)ncc2[N+](=O)[O-])CC1. The first-order chi connectivity index (χ1) is 14.9. The van der Waals surface area contributed by atoms with E-state index in [1.807, 2.05) is 0 Å². The van der Waals surface area contributed by atoms with E-state index >= 15 is 0 Å². The fourth-order valence-corrected chi connectivity index (χ4v) is 3.88. The van der Waals surface area contributed by atoms with Crippen LogP contribution >= 0.6 is 0 Å². The Morgan fingerprint density at radius 3 is 2.55 bits per heavy atom. The van der Waals surface area contributed by atoms with Gasteiger partial charge >= 0.3 is 5.69 Å². The molecule has 31 heavy (non-hydrogen) atoms. The molecule has 1 aliphatic heterocycles. The third-order valence-corrected chi connectivity index (χ3v) is 5.80. The molecule has 0 bridgehead atoms. The van der Waals surface area contributed by atoms with Crippen LogP contribution in [0.4, 0.5) is 17.5 Å². The molecule has 2 heterocycles. The van der Waals surface area contributed by atoms with Crippen molar-refractivity contribution in [3.63, 3.8) is 0 Å². The van der Waals surface area contributed by atoms with E-state index in [1.165, 1.54) is 0 Å². The summed E-state index contributed by atoms with van der Waals surface area (Å²) in [7, 11) is 0. The number of nitrogens with two attached hydrogens (primary N) is 1. The van der Waals surface area contributed by atoms with Crippen LogP contribution in [0.2, 0.25) is 0 Å². The molecule has 1 aliphatic carbocycles. The van der Waals surface area contributed by atoms with Crippen LogP contribution in [-0.4, -0.2) is 58.9 Å². The number of nitrogens with one attached hydrogen (secondary N) is 4. The molecule has 2 amide bonds. The highest BCUT2D eigenvalue weighted by Crippen LogP contribution is 2.26. The van der Waals surface area contributed by atoms with Crippen LogP contribution in [0.5, 0.6) is 0 Å². The van der Waals surface area contributed by atoms with Crippen LogP contribution in [0.1, 0.15) is 38.5 Å². The average Bonchev–Trinajstić information content (AvgIpc) is 2.77. The fourth-order valence-electron chi connectivity index (χ4n) is 3.88. The molecular formula is C19H30N8O4.